The average molecular weight is 455 g/mol. The highest BCUT2D eigenvalue weighted by atomic mass is 16.2. The molecule has 2 aromatic heterocycles. The maximum Gasteiger partial charge on any atom is 0.219 e. The largest absolute Gasteiger partial charge is 0.369 e. The fourth-order valence-corrected chi connectivity index (χ4v) is 3.63. The first-order valence-electron chi connectivity index (χ1n) is 11.8. The van der Waals surface area contributed by atoms with E-state index in [1.54, 1.807) is 11.8 Å². The van der Waals surface area contributed by atoms with Crippen molar-refractivity contribution in [1.29, 1.82) is 0 Å². The summed E-state index contributed by atoms with van der Waals surface area (Å²) in [5.74, 6) is 1.84. The van der Waals surface area contributed by atoms with Crippen molar-refractivity contribution in [3.63, 3.8) is 0 Å². The van der Waals surface area contributed by atoms with Crippen LogP contribution in [-0.2, 0) is 15.6 Å². The number of carbonyl (C=O) groups is 1. The number of anilines is 2. The molecule has 7 heteroatoms. The SMILES string of the molecule is CNCCNc1cc(C(C)(C)CCC(C)(C)c2ccnc(NCCN(C)C(C)=O)c2)ccn1. The summed E-state index contributed by atoms with van der Waals surface area (Å²) >= 11 is 0. The Morgan fingerprint density at radius 3 is 1.82 bits per heavy atom. The minimum atomic E-state index is 0.00766. The van der Waals surface area contributed by atoms with E-state index in [1.165, 1.54) is 11.1 Å². The summed E-state index contributed by atoms with van der Waals surface area (Å²) in [6.45, 7) is 13.9. The molecule has 0 aliphatic heterocycles. The first-order chi connectivity index (χ1) is 15.5. The molecule has 0 aromatic carbocycles. The van der Waals surface area contributed by atoms with Crippen LogP contribution in [0.25, 0.3) is 0 Å². The number of aromatic nitrogens is 2. The second kappa shape index (κ2) is 12.0. The maximum atomic E-state index is 11.4. The summed E-state index contributed by atoms with van der Waals surface area (Å²) in [5.41, 5.74) is 2.60. The van der Waals surface area contributed by atoms with E-state index in [4.69, 9.17) is 0 Å². The van der Waals surface area contributed by atoms with Gasteiger partial charge in [0.1, 0.15) is 11.6 Å². The first kappa shape index (κ1) is 26.6. The second-order valence-corrected chi connectivity index (χ2v) is 10.0. The summed E-state index contributed by atoms with van der Waals surface area (Å²) in [4.78, 5) is 22.0. The molecule has 2 heterocycles. The highest BCUT2D eigenvalue weighted by Gasteiger charge is 2.28. The Labute approximate surface area is 199 Å². The molecular formula is C26H42N6O. The second-order valence-electron chi connectivity index (χ2n) is 10.0. The quantitative estimate of drug-likeness (QED) is 0.396. The third-order valence-electron chi connectivity index (χ3n) is 6.43. The van der Waals surface area contributed by atoms with Crippen LogP contribution in [0.1, 0.15) is 58.6 Å². The standard InChI is InChI=1S/C26H42N6O/c1-20(33)32(7)17-16-31-24-19-22(9-13-29-24)26(4,5)11-10-25(2,3)21-8-12-28-23(18-21)30-15-14-27-6/h8-9,12-13,18-19,27H,10-11,14-17H2,1-7H3,(H,28,30)(H,29,31). The van der Waals surface area contributed by atoms with Crippen LogP contribution >= 0.6 is 0 Å². The Morgan fingerprint density at radius 1 is 0.879 bits per heavy atom. The van der Waals surface area contributed by atoms with E-state index in [1.807, 2.05) is 26.5 Å². The van der Waals surface area contributed by atoms with E-state index in [-0.39, 0.29) is 16.7 Å². The molecule has 0 spiro atoms. The van der Waals surface area contributed by atoms with Gasteiger partial charge in [-0.25, -0.2) is 9.97 Å². The summed E-state index contributed by atoms with van der Waals surface area (Å²) in [5, 5.41) is 9.87. The van der Waals surface area contributed by atoms with Crippen LogP contribution < -0.4 is 16.0 Å². The molecule has 0 unspecified atom stereocenters. The molecule has 2 aromatic rings. The van der Waals surface area contributed by atoms with Gasteiger partial charge in [-0.15, -0.1) is 0 Å². The fourth-order valence-electron chi connectivity index (χ4n) is 3.63. The zero-order valence-corrected chi connectivity index (χ0v) is 21.5. The van der Waals surface area contributed by atoms with Crippen molar-refractivity contribution in [2.24, 2.45) is 0 Å². The molecule has 33 heavy (non-hydrogen) atoms. The van der Waals surface area contributed by atoms with Crippen LogP contribution in [0.3, 0.4) is 0 Å². The molecule has 2 rings (SSSR count). The lowest BCUT2D eigenvalue weighted by atomic mass is 9.73. The van der Waals surface area contributed by atoms with Gasteiger partial charge in [0.05, 0.1) is 0 Å². The van der Waals surface area contributed by atoms with E-state index >= 15 is 0 Å². The van der Waals surface area contributed by atoms with Crippen molar-refractivity contribution in [1.82, 2.24) is 20.2 Å². The van der Waals surface area contributed by atoms with Gasteiger partial charge in [0.25, 0.3) is 0 Å². The molecule has 0 atom stereocenters. The number of nitrogens with one attached hydrogen (secondary N) is 3. The predicted molar refractivity (Wildman–Crippen MR) is 138 cm³/mol. The van der Waals surface area contributed by atoms with E-state index < -0.39 is 0 Å². The van der Waals surface area contributed by atoms with Gasteiger partial charge in [-0.1, -0.05) is 27.7 Å². The fraction of sp³-hybridized carbons (Fsp3) is 0.577. The third kappa shape index (κ3) is 8.31. The van der Waals surface area contributed by atoms with Crippen LogP contribution in [0.5, 0.6) is 0 Å². The Bertz CT molecular complexity index is 896. The highest BCUT2D eigenvalue weighted by Crippen LogP contribution is 2.36. The number of nitrogens with zero attached hydrogens (tertiary/aromatic N) is 3. The zero-order valence-electron chi connectivity index (χ0n) is 21.5. The summed E-state index contributed by atoms with van der Waals surface area (Å²) in [6, 6.07) is 8.55. The summed E-state index contributed by atoms with van der Waals surface area (Å²) < 4.78 is 0. The van der Waals surface area contributed by atoms with Gasteiger partial charge in [-0.3, -0.25) is 4.79 Å². The number of rotatable bonds is 13. The lowest BCUT2D eigenvalue weighted by Gasteiger charge is -2.32. The molecule has 182 valence electrons. The number of hydrogen-bond donors (Lipinski definition) is 3. The maximum absolute atomic E-state index is 11.4. The topological polar surface area (TPSA) is 82.2 Å². The molecule has 3 N–H and O–H groups in total. The van der Waals surface area contributed by atoms with E-state index in [0.29, 0.717) is 13.1 Å². The van der Waals surface area contributed by atoms with Crippen molar-refractivity contribution in [2.45, 2.75) is 58.3 Å². The van der Waals surface area contributed by atoms with Crippen molar-refractivity contribution >= 4 is 17.5 Å². The minimum Gasteiger partial charge on any atom is -0.369 e. The van der Waals surface area contributed by atoms with Gasteiger partial charge in [0.15, 0.2) is 0 Å². The molecule has 0 fully saturated rings. The molecule has 0 aliphatic carbocycles. The monoisotopic (exact) mass is 454 g/mol. The lowest BCUT2D eigenvalue weighted by Crippen LogP contribution is -2.29. The Balaban J connectivity index is 2.00. The van der Waals surface area contributed by atoms with Gasteiger partial charge in [-0.05, 0) is 66.1 Å². The van der Waals surface area contributed by atoms with Crippen molar-refractivity contribution in [3.05, 3.63) is 47.8 Å². The van der Waals surface area contributed by atoms with Crippen LogP contribution in [0, 0.1) is 0 Å². The Hall–Kier alpha value is -2.67. The number of amides is 1. The lowest BCUT2D eigenvalue weighted by molar-refractivity contribution is -0.127. The van der Waals surface area contributed by atoms with Crippen molar-refractivity contribution in [2.75, 3.05) is 50.9 Å². The van der Waals surface area contributed by atoms with Crippen LogP contribution in [-0.4, -0.2) is 61.0 Å². The molecule has 0 saturated heterocycles. The minimum absolute atomic E-state index is 0.00766. The molecule has 0 radical (unpaired) electrons. The van der Waals surface area contributed by atoms with E-state index in [2.05, 4.69) is 77.9 Å². The van der Waals surface area contributed by atoms with Crippen molar-refractivity contribution in [3.8, 4) is 0 Å². The third-order valence-corrected chi connectivity index (χ3v) is 6.43. The van der Waals surface area contributed by atoms with Crippen molar-refractivity contribution < 1.29 is 4.79 Å². The normalized spacial score (nSPS) is 11.8. The molecule has 0 saturated carbocycles. The Morgan fingerprint density at radius 2 is 1.36 bits per heavy atom. The highest BCUT2D eigenvalue weighted by molar-refractivity contribution is 5.72. The Kier molecular flexibility index (Phi) is 9.65. The van der Waals surface area contributed by atoms with E-state index in [0.717, 1.165) is 37.6 Å². The number of pyridine rings is 2. The predicted octanol–water partition coefficient (Wildman–Crippen LogP) is 4.03. The van der Waals surface area contributed by atoms with Gasteiger partial charge in [0.2, 0.25) is 5.91 Å². The van der Waals surface area contributed by atoms with Crippen LogP contribution in [0.2, 0.25) is 0 Å². The summed E-state index contributed by atoms with van der Waals surface area (Å²) in [6.07, 6.45) is 5.86. The van der Waals surface area contributed by atoms with Crippen LogP contribution in [0.15, 0.2) is 36.7 Å². The van der Waals surface area contributed by atoms with Gasteiger partial charge < -0.3 is 20.9 Å². The molecule has 1 amide bonds. The first-order valence-corrected chi connectivity index (χ1v) is 11.8. The molecule has 0 aliphatic rings. The van der Waals surface area contributed by atoms with Crippen LogP contribution in [0.4, 0.5) is 11.6 Å². The number of likely N-dealkylation sites (N-methyl/N-ethyl adjacent to an activating group) is 2. The van der Waals surface area contributed by atoms with Gasteiger partial charge >= 0.3 is 0 Å². The molecular weight excluding hydrogens is 412 g/mol. The number of carbonyl (C=O) groups excluding carboxylic acids is 1. The molecule has 7 nitrogen and oxygen atoms in total. The van der Waals surface area contributed by atoms with Gasteiger partial charge in [0, 0.05) is 52.5 Å². The smallest absolute Gasteiger partial charge is 0.219 e. The number of hydrogen-bond acceptors (Lipinski definition) is 6. The molecule has 0 bridgehead atoms. The average Bonchev–Trinajstić information content (AvgIpc) is 2.78. The summed E-state index contributed by atoms with van der Waals surface area (Å²) in [7, 11) is 3.76. The zero-order chi connectivity index (χ0) is 24.5. The van der Waals surface area contributed by atoms with Gasteiger partial charge in [-0.2, -0.15) is 0 Å². The van der Waals surface area contributed by atoms with E-state index in [9.17, 15) is 4.79 Å².